The van der Waals surface area contributed by atoms with Crippen LogP contribution in [0.3, 0.4) is 0 Å². The number of nitrogens with one attached hydrogen (secondary N) is 1. The SMILES string of the molecule is CCc1ccc(OCC(=O)NC(C)(C)COCc2ccccc2)cc1. The summed E-state index contributed by atoms with van der Waals surface area (Å²) >= 11 is 0. The van der Waals surface area contributed by atoms with E-state index in [9.17, 15) is 4.79 Å². The van der Waals surface area contributed by atoms with Crippen molar-refractivity contribution in [1.29, 1.82) is 0 Å². The highest BCUT2D eigenvalue weighted by atomic mass is 16.5. The lowest BCUT2D eigenvalue weighted by Crippen LogP contribution is -2.48. The molecule has 0 aliphatic rings. The van der Waals surface area contributed by atoms with Gasteiger partial charge in [0.05, 0.1) is 18.8 Å². The molecule has 0 fully saturated rings. The van der Waals surface area contributed by atoms with E-state index in [-0.39, 0.29) is 12.5 Å². The van der Waals surface area contributed by atoms with Crippen molar-refractivity contribution in [2.24, 2.45) is 0 Å². The first-order chi connectivity index (χ1) is 12.0. The smallest absolute Gasteiger partial charge is 0.258 e. The van der Waals surface area contributed by atoms with Gasteiger partial charge in [0.1, 0.15) is 5.75 Å². The highest BCUT2D eigenvalue weighted by molar-refractivity contribution is 5.78. The lowest BCUT2D eigenvalue weighted by atomic mass is 10.1. The van der Waals surface area contributed by atoms with Crippen LogP contribution in [-0.4, -0.2) is 24.7 Å². The molecule has 2 rings (SSSR count). The van der Waals surface area contributed by atoms with E-state index in [1.54, 1.807) is 0 Å². The number of rotatable bonds is 9. The van der Waals surface area contributed by atoms with Crippen molar-refractivity contribution in [1.82, 2.24) is 5.32 Å². The van der Waals surface area contributed by atoms with Gasteiger partial charge in [-0.15, -0.1) is 0 Å². The second-order valence-corrected chi connectivity index (χ2v) is 6.70. The maximum absolute atomic E-state index is 12.1. The third kappa shape index (κ3) is 6.98. The van der Waals surface area contributed by atoms with Gasteiger partial charge in [-0.3, -0.25) is 4.79 Å². The molecule has 0 bridgehead atoms. The van der Waals surface area contributed by atoms with Crippen molar-refractivity contribution in [2.75, 3.05) is 13.2 Å². The topological polar surface area (TPSA) is 47.6 Å². The molecule has 0 aliphatic heterocycles. The number of hydrogen-bond donors (Lipinski definition) is 1. The number of benzene rings is 2. The van der Waals surface area contributed by atoms with Crippen LogP contribution in [0.15, 0.2) is 54.6 Å². The van der Waals surface area contributed by atoms with Crippen molar-refractivity contribution in [3.8, 4) is 5.75 Å². The van der Waals surface area contributed by atoms with E-state index in [1.165, 1.54) is 5.56 Å². The van der Waals surface area contributed by atoms with E-state index in [0.29, 0.717) is 19.0 Å². The Labute approximate surface area is 150 Å². The van der Waals surface area contributed by atoms with E-state index >= 15 is 0 Å². The Bertz CT molecular complexity index is 651. The Kier molecular flexibility index (Phi) is 7.02. The molecule has 0 saturated heterocycles. The molecular weight excluding hydrogens is 314 g/mol. The first-order valence-electron chi connectivity index (χ1n) is 8.63. The predicted octanol–water partition coefficient (Wildman–Crippen LogP) is 3.74. The molecule has 2 aromatic carbocycles. The quantitative estimate of drug-likeness (QED) is 0.756. The number of aryl methyl sites for hydroxylation is 1. The second kappa shape index (κ2) is 9.23. The average Bonchev–Trinajstić information content (AvgIpc) is 2.61. The molecule has 25 heavy (non-hydrogen) atoms. The number of ether oxygens (including phenoxy) is 2. The van der Waals surface area contributed by atoms with Gasteiger partial charge in [-0.1, -0.05) is 49.4 Å². The van der Waals surface area contributed by atoms with E-state index in [1.807, 2.05) is 68.4 Å². The van der Waals surface area contributed by atoms with Crippen molar-refractivity contribution in [2.45, 2.75) is 39.3 Å². The number of carbonyl (C=O) groups is 1. The Balaban J connectivity index is 1.71. The monoisotopic (exact) mass is 341 g/mol. The van der Waals surface area contributed by atoms with Crippen LogP contribution in [0.1, 0.15) is 31.9 Å². The molecule has 0 spiro atoms. The van der Waals surface area contributed by atoms with Gasteiger partial charge >= 0.3 is 0 Å². The van der Waals surface area contributed by atoms with Crippen LogP contribution in [0, 0.1) is 0 Å². The van der Waals surface area contributed by atoms with Crippen molar-refractivity contribution >= 4 is 5.91 Å². The van der Waals surface area contributed by atoms with Crippen LogP contribution in [-0.2, 0) is 22.6 Å². The summed E-state index contributed by atoms with van der Waals surface area (Å²) in [5.74, 6) is 0.540. The summed E-state index contributed by atoms with van der Waals surface area (Å²) in [6.45, 7) is 6.93. The first-order valence-corrected chi connectivity index (χ1v) is 8.63. The molecule has 0 atom stereocenters. The van der Waals surface area contributed by atoms with Crippen molar-refractivity contribution in [3.63, 3.8) is 0 Å². The molecule has 1 N–H and O–H groups in total. The molecule has 2 aromatic rings. The van der Waals surface area contributed by atoms with Crippen LogP contribution in [0.2, 0.25) is 0 Å². The lowest BCUT2D eigenvalue weighted by molar-refractivity contribution is -0.125. The van der Waals surface area contributed by atoms with Gasteiger partial charge in [-0.25, -0.2) is 0 Å². The highest BCUT2D eigenvalue weighted by Gasteiger charge is 2.21. The summed E-state index contributed by atoms with van der Waals surface area (Å²) in [5.41, 5.74) is 1.90. The van der Waals surface area contributed by atoms with Crippen molar-refractivity contribution < 1.29 is 14.3 Å². The van der Waals surface area contributed by atoms with Gasteiger partial charge in [0, 0.05) is 0 Å². The molecule has 4 nitrogen and oxygen atoms in total. The van der Waals surface area contributed by atoms with E-state index < -0.39 is 5.54 Å². The number of carbonyl (C=O) groups excluding carboxylic acids is 1. The molecule has 0 aliphatic carbocycles. The fourth-order valence-electron chi connectivity index (χ4n) is 2.42. The largest absolute Gasteiger partial charge is 0.484 e. The summed E-state index contributed by atoms with van der Waals surface area (Å²) in [5, 5.41) is 2.95. The molecule has 1 amide bonds. The molecule has 0 unspecified atom stereocenters. The minimum Gasteiger partial charge on any atom is -0.484 e. The standard InChI is InChI=1S/C21H27NO3/c1-4-17-10-12-19(13-11-17)25-15-20(23)22-21(2,3)16-24-14-18-8-6-5-7-9-18/h5-13H,4,14-16H2,1-3H3,(H,22,23). The normalized spacial score (nSPS) is 11.2. The molecular formula is C21H27NO3. The van der Waals surface area contributed by atoms with Crippen LogP contribution < -0.4 is 10.1 Å². The Morgan fingerprint density at radius 3 is 2.32 bits per heavy atom. The summed E-state index contributed by atoms with van der Waals surface area (Å²) < 4.78 is 11.3. The van der Waals surface area contributed by atoms with Crippen LogP contribution >= 0.6 is 0 Å². The van der Waals surface area contributed by atoms with E-state index in [2.05, 4.69) is 12.2 Å². The van der Waals surface area contributed by atoms with Gasteiger partial charge in [0.15, 0.2) is 6.61 Å². The Hall–Kier alpha value is -2.33. The fraction of sp³-hybridized carbons (Fsp3) is 0.381. The molecule has 4 heteroatoms. The first kappa shape index (κ1) is 19.0. The lowest BCUT2D eigenvalue weighted by Gasteiger charge is -2.26. The predicted molar refractivity (Wildman–Crippen MR) is 99.6 cm³/mol. The van der Waals surface area contributed by atoms with Crippen LogP contribution in [0.4, 0.5) is 0 Å². The minimum absolute atomic E-state index is 0.00636. The van der Waals surface area contributed by atoms with Gasteiger partial charge < -0.3 is 14.8 Å². The Morgan fingerprint density at radius 1 is 1.00 bits per heavy atom. The van der Waals surface area contributed by atoms with E-state index in [4.69, 9.17) is 9.47 Å². The third-order valence-corrected chi connectivity index (χ3v) is 3.75. The molecule has 134 valence electrons. The summed E-state index contributed by atoms with van der Waals surface area (Å²) in [4.78, 5) is 12.1. The van der Waals surface area contributed by atoms with Gasteiger partial charge in [0.25, 0.3) is 5.91 Å². The zero-order chi connectivity index (χ0) is 18.1. The summed E-state index contributed by atoms with van der Waals surface area (Å²) in [6.07, 6.45) is 0.984. The van der Waals surface area contributed by atoms with Gasteiger partial charge in [-0.2, -0.15) is 0 Å². The minimum atomic E-state index is -0.457. The van der Waals surface area contributed by atoms with Crippen LogP contribution in [0.5, 0.6) is 5.75 Å². The zero-order valence-electron chi connectivity index (χ0n) is 15.2. The Morgan fingerprint density at radius 2 is 1.68 bits per heavy atom. The highest BCUT2D eigenvalue weighted by Crippen LogP contribution is 2.12. The summed E-state index contributed by atoms with van der Waals surface area (Å²) in [6, 6.07) is 17.8. The third-order valence-electron chi connectivity index (χ3n) is 3.75. The number of amides is 1. The molecule has 0 radical (unpaired) electrons. The van der Waals surface area contributed by atoms with E-state index in [0.717, 1.165) is 12.0 Å². The molecule has 0 aromatic heterocycles. The van der Waals surface area contributed by atoms with Crippen LogP contribution in [0.25, 0.3) is 0 Å². The van der Waals surface area contributed by atoms with Gasteiger partial charge in [-0.05, 0) is 43.5 Å². The zero-order valence-corrected chi connectivity index (χ0v) is 15.2. The average molecular weight is 341 g/mol. The second-order valence-electron chi connectivity index (χ2n) is 6.70. The summed E-state index contributed by atoms with van der Waals surface area (Å²) in [7, 11) is 0. The maximum atomic E-state index is 12.1. The maximum Gasteiger partial charge on any atom is 0.258 e. The molecule has 0 heterocycles. The number of hydrogen-bond acceptors (Lipinski definition) is 3. The fourth-order valence-corrected chi connectivity index (χ4v) is 2.42. The van der Waals surface area contributed by atoms with Gasteiger partial charge in [0.2, 0.25) is 0 Å². The molecule has 0 saturated carbocycles. The van der Waals surface area contributed by atoms with Crippen molar-refractivity contribution in [3.05, 3.63) is 65.7 Å².